The quantitative estimate of drug-likeness (QED) is 0.713. The van der Waals surface area contributed by atoms with Crippen molar-refractivity contribution in [2.24, 2.45) is 13.0 Å². The second kappa shape index (κ2) is 7.56. The van der Waals surface area contributed by atoms with E-state index in [4.69, 9.17) is 0 Å². The molecule has 0 radical (unpaired) electrons. The van der Waals surface area contributed by atoms with Gasteiger partial charge in [-0.25, -0.2) is 0 Å². The fourth-order valence-electron chi connectivity index (χ4n) is 3.79. The first kappa shape index (κ1) is 17.8. The van der Waals surface area contributed by atoms with Crippen molar-refractivity contribution in [3.05, 3.63) is 42.6 Å². The van der Waals surface area contributed by atoms with Crippen LogP contribution in [-0.4, -0.2) is 50.6 Å². The molecule has 0 aliphatic carbocycles. The normalized spacial score (nSPS) is 18.5. The number of pyridine rings is 2. The number of likely N-dealkylation sites (tertiary alicyclic amines) is 1. The van der Waals surface area contributed by atoms with E-state index in [0.717, 1.165) is 60.1 Å². The minimum Gasteiger partial charge on any atom is -0.306 e. The van der Waals surface area contributed by atoms with Gasteiger partial charge in [0.05, 0.1) is 17.9 Å². The zero-order chi connectivity index (χ0) is 18.8. The molecule has 27 heavy (non-hydrogen) atoms. The molecule has 0 N–H and O–H groups in total. The van der Waals surface area contributed by atoms with Gasteiger partial charge in [0.1, 0.15) is 5.78 Å². The van der Waals surface area contributed by atoms with Crippen LogP contribution in [0.5, 0.6) is 0 Å². The van der Waals surface area contributed by atoms with Gasteiger partial charge in [-0.2, -0.15) is 5.10 Å². The molecule has 3 aromatic rings. The number of hydrogen-bond acceptors (Lipinski definition) is 5. The predicted octanol–water partition coefficient (Wildman–Crippen LogP) is 2.87. The molecule has 0 aromatic carbocycles. The van der Waals surface area contributed by atoms with Crippen LogP contribution in [-0.2, 0) is 18.3 Å². The summed E-state index contributed by atoms with van der Waals surface area (Å²) >= 11 is 0. The van der Waals surface area contributed by atoms with Gasteiger partial charge in [-0.15, -0.1) is 0 Å². The third-order valence-corrected chi connectivity index (χ3v) is 5.42. The van der Waals surface area contributed by atoms with Crippen LogP contribution in [0.2, 0.25) is 0 Å². The molecule has 6 heteroatoms. The number of aromatic nitrogens is 4. The summed E-state index contributed by atoms with van der Waals surface area (Å²) in [5.74, 6) is 0.473. The van der Waals surface area contributed by atoms with E-state index in [-0.39, 0.29) is 5.92 Å². The van der Waals surface area contributed by atoms with E-state index in [2.05, 4.69) is 33.1 Å². The lowest BCUT2D eigenvalue weighted by Gasteiger charge is -2.14. The summed E-state index contributed by atoms with van der Waals surface area (Å²) in [7, 11) is 4.03. The zero-order valence-corrected chi connectivity index (χ0v) is 15.9. The van der Waals surface area contributed by atoms with Crippen LogP contribution >= 0.6 is 0 Å². The van der Waals surface area contributed by atoms with Crippen LogP contribution in [0.1, 0.15) is 25.0 Å². The number of aryl methyl sites for hydroxylation is 1. The lowest BCUT2D eigenvalue weighted by molar-refractivity contribution is -0.122. The van der Waals surface area contributed by atoms with Crippen LogP contribution in [0.25, 0.3) is 22.0 Å². The Labute approximate surface area is 159 Å². The molecule has 140 valence electrons. The Kier molecular flexibility index (Phi) is 4.99. The van der Waals surface area contributed by atoms with Crippen molar-refractivity contribution < 1.29 is 4.79 Å². The number of carbonyl (C=O) groups excluding carboxylic acids is 1. The van der Waals surface area contributed by atoms with Gasteiger partial charge >= 0.3 is 0 Å². The molecule has 1 aliphatic heterocycles. The van der Waals surface area contributed by atoms with E-state index < -0.39 is 0 Å². The highest BCUT2D eigenvalue weighted by Crippen LogP contribution is 2.23. The van der Waals surface area contributed by atoms with E-state index in [0.29, 0.717) is 12.2 Å². The van der Waals surface area contributed by atoms with Crippen molar-refractivity contribution in [3.63, 3.8) is 0 Å². The van der Waals surface area contributed by atoms with Crippen molar-refractivity contribution in [3.8, 4) is 11.1 Å². The van der Waals surface area contributed by atoms with Gasteiger partial charge in [0.25, 0.3) is 0 Å². The molecule has 1 atom stereocenters. The lowest BCUT2D eigenvalue weighted by Crippen LogP contribution is -2.21. The largest absolute Gasteiger partial charge is 0.306 e. The Morgan fingerprint density at radius 3 is 2.78 bits per heavy atom. The maximum Gasteiger partial charge on any atom is 0.141 e. The zero-order valence-electron chi connectivity index (χ0n) is 15.9. The first-order valence-corrected chi connectivity index (χ1v) is 9.53. The molecule has 0 spiro atoms. The molecule has 1 saturated heterocycles. The van der Waals surface area contributed by atoms with E-state index in [1.165, 1.54) is 0 Å². The van der Waals surface area contributed by atoms with Gasteiger partial charge in [-0.05, 0) is 51.5 Å². The summed E-state index contributed by atoms with van der Waals surface area (Å²) in [4.78, 5) is 24.1. The van der Waals surface area contributed by atoms with E-state index in [1.807, 2.05) is 31.7 Å². The number of nitrogens with zero attached hydrogens (tertiary/aromatic N) is 5. The maximum atomic E-state index is 12.8. The number of hydrogen-bond donors (Lipinski definition) is 0. The number of carbonyl (C=O) groups is 1. The smallest absolute Gasteiger partial charge is 0.141 e. The minimum absolute atomic E-state index is 0.160. The van der Waals surface area contributed by atoms with Crippen molar-refractivity contribution in [1.82, 2.24) is 24.6 Å². The molecule has 0 bridgehead atoms. The third-order valence-electron chi connectivity index (χ3n) is 5.42. The molecule has 4 rings (SSSR count). The molecular formula is C21H25N5O. The van der Waals surface area contributed by atoms with Crippen molar-refractivity contribution in [2.45, 2.75) is 25.7 Å². The highest BCUT2D eigenvalue weighted by Gasteiger charge is 2.22. The molecule has 0 saturated carbocycles. The summed E-state index contributed by atoms with van der Waals surface area (Å²) in [6, 6.07) is 4.10. The SMILES string of the molecule is CN1CCCC(C(=O)Cc2cc3cc(-c4cnn(C)c4)cnc3cn2)CC1. The monoisotopic (exact) mass is 363 g/mol. The molecule has 4 heterocycles. The first-order valence-electron chi connectivity index (χ1n) is 9.53. The average Bonchev–Trinajstić information content (AvgIpc) is 2.98. The fourth-order valence-corrected chi connectivity index (χ4v) is 3.79. The standard InChI is InChI=1S/C21H25N5O/c1-25-6-3-4-15(5-7-25)21(27)10-19-9-16-8-17(11-23-20(16)13-22-19)18-12-24-26(2)14-18/h8-9,11-15H,3-7,10H2,1-2H3. The summed E-state index contributed by atoms with van der Waals surface area (Å²) in [5.41, 5.74) is 3.72. The highest BCUT2D eigenvalue weighted by atomic mass is 16.1. The summed E-state index contributed by atoms with van der Waals surface area (Å²) in [5, 5.41) is 5.23. The Morgan fingerprint density at radius 1 is 1.07 bits per heavy atom. The number of fused-ring (bicyclic) bond motifs is 1. The van der Waals surface area contributed by atoms with E-state index in [1.54, 1.807) is 10.9 Å². The fraction of sp³-hybridized carbons (Fsp3) is 0.429. The van der Waals surface area contributed by atoms with Crippen LogP contribution < -0.4 is 0 Å². The maximum absolute atomic E-state index is 12.8. The second-order valence-corrected chi connectivity index (χ2v) is 7.57. The Balaban J connectivity index is 1.54. The van der Waals surface area contributed by atoms with Crippen LogP contribution in [0, 0.1) is 5.92 Å². The number of rotatable bonds is 4. The second-order valence-electron chi connectivity index (χ2n) is 7.57. The molecule has 0 amide bonds. The van der Waals surface area contributed by atoms with Gasteiger partial charge in [0.2, 0.25) is 0 Å². The average molecular weight is 363 g/mol. The Hall–Kier alpha value is -2.60. The highest BCUT2D eigenvalue weighted by molar-refractivity contribution is 5.86. The summed E-state index contributed by atoms with van der Waals surface area (Å²) in [6.45, 7) is 2.08. The van der Waals surface area contributed by atoms with Crippen LogP contribution in [0.15, 0.2) is 36.9 Å². The van der Waals surface area contributed by atoms with Crippen molar-refractivity contribution in [1.29, 1.82) is 0 Å². The van der Waals surface area contributed by atoms with Crippen molar-refractivity contribution >= 4 is 16.7 Å². The van der Waals surface area contributed by atoms with Crippen molar-refractivity contribution in [2.75, 3.05) is 20.1 Å². The molecular weight excluding hydrogens is 338 g/mol. The topological polar surface area (TPSA) is 63.9 Å². The summed E-state index contributed by atoms with van der Waals surface area (Å²) in [6.07, 6.45) is 10.9. The van der Waals surface area contributed by atoms with Gasteiger partial charge < -0.3 is 4.90 Å². The van der Waals surface area contributed by atoms with Gasteiger partial charge in [0.15, 0.2) is 0 Å². The lowest BCUT2D eigenvalue weighted by atomic mass is 9.93. The molecule has 6 nitrogen and oxygen atoms in total. The van der Waals surface area contributed by atoms with Gasteiger partial charge in [-0.3, -0.25) is 19.4 Å². The molecule has 1 unspecified atom stereocenters. The predicted molar refractivity (Wildman–Crippen MR) is 105 cm³/mol. The molecule has 1 aliphatic rings. The number of ketones is 1. The Morgan fingerprint density at radius 2 is 1.96 bits per heavy atom. The third kappa shape index (κ3) is 4.06. The van der Waals surface area contributed by atoms with Gasteiger partial charge in [0, 0.05) is 54.0 Å². The minimum atomic E-state index is 0.160. The molecule has 3 aromatic heterocycles. The first-order chi connectivity index (χ1) is 13.1. The van der Waals surface area contributed by atoms with Crippen LogP contribution in [0.3, 0.4) is 0 Å². The molecule has 1 fully saturated rings. The summed E-state index contributed by atoms with van der Waals surface area (Å²) < 4.78 is 1.78. The Bertz CT molecular complexity index is 964. The number of Topliss-reactive ketones (excluding diaryl/α,β-unsaturated/α-hetero) is 1. The van der Waals surface area contributed by atoms with Crippen LogP contribution in [0.4, 0.5) is 0 Å². The van der Waals surface area contributed by atoms with E-state index >= 15 is 0 Å². The van der Waals surface area contributed by atoms with Gasteiger partial charge in [-0.1, -0.05) is 0 Å². The van der Waals surface area contributed by atoms with E-state index in [9.17, 15) is 4.79 Å².